The topological polar surface area (TPSA) is 31.2 Å². The van der Waals surface area contributed by atoms with Gasteiger partial charge in [0.1, 0.15) is 0 Å². The van der Waals surface area contributed by atoms with Crippen molar-refractivity contribution in [3.05, 3.63) is 11.6 Å². The van der Waals surface area contributed by atoms with E-state index in [1.165, 1.54) is 19.3 Å². The summed E-state index contributed by atoms with van der Waals surface area (Å²) in [7, 11) is 0. The normalized spacial score (nSPS) is 31.8. The quantitative estimate of drug-likeness (QED) is 0.553. The molecule has 80 valence electrons. The first-order valence-electron chi connectivity index (χ1n) is 5.65. The minimum absolute atomic E-state index is 0.00111. The van der Waals surface area contributed by atoms with E-state index in [9.17, 15) is 0 Å². The summed E-state index contributed by atoms with van der Waals surface area (Å²) in [5.74, 6) is 0. The zero-order chi connectivity index (χ0) is 10.2. The van der Waals surface area contributed by atoms with Crippen LogP contribution in [0.2, 0.25) is 0 Å². The van der Waals surface area contributed by atoms with Crippen molar-refractivity contribution in [1.82, 2.24) is 5.32 Å². The summed E-state index contributed by atoms with van der Waals surface area (Å²) in [5, 5.41) is 3.49. The molecule has 0 bridgehead atoms. The number of rotatable bonds is 3. The molecule has 2 atom stereocenters. The summed E-state index contributed by atoms with van der Waals surface area (Å²) < 4.78 is 5.75. The largest absolute Gasteiger partial charge is 0.374 e. The Morgan fingerprint density at radius 3 is 2.86 bits per heavy atom. The Balaban J connectivity index is 1.71. The molecule has 0 aromatic rings. The molecule has 1 saturated heterocycles. The summed E-state index contributed by atoms with van der Waals surface area (Å²) in [6.07, 6.45) is 6.32. The molecule has 1 aliphatic heterocycles. The molecule has 0 aromatic carbocycles. The van der Waals surface area contributed by atoms with E-state index in [0.29, 0.717) is 12.1 Å². The maximum absolute atomic E-state index is 5.75. The summed E-state index contributed by atoms with van der Waals surface area (Å²) in [4.78, 5) is 0. The highest BCUT2D eigenvalue weighted by Crippen LogP contribution is 2.29. The third kappa shape index (κ3) is 2.58. The predicted molar refractivity (Wildman–Crippen MR) is 58.4 cm³/mol. The van der Waals surface area contributed by atoms with Gasteiger partial charge >= 0.3 is 0 Å². The van der Waals surface area contributed by atoms with Crippen LogP contribution in [0.4, 0.5) is 0 Å². The minimum Gasteiger partial charge on any atom is -0.374 e. The fourth-order valence-corrected chi connectivity index (χ4v) is 2.00. The molecule has 2 heteroatoms. The second-order valence-corrected chi connectivity index (χ2v) is 5.35. The highest BCUT2D eigenvalue weighted by molar-refractivity contribution is 5.25. The summed E-state index contributed by atoms with van der Waals surface area (Å²) >= 11 is 0. The zero-order valence-corrected chi connectivity index (χ0v) is 9.47. The Hall–Kier alpha value is -0.340. The van der Waals surface area contributed by atoms with Crippen LogP contribution in [0.5, 0.6) is 0 Å². The molecule has 2 nitrogen and oxygen atoms in total. The van der Waals surface area contributed by atoms with Gasteiger partial charge in [-0.05, 0) is 40.0 Å². The summed E-state index contributed by atoms with van der Waals surface area (Å²) in [6, 6.07) is 1.22. The van der Waals surface area contributed by atoms with Gasteiger partial charge < -0.3 is 10.1 Å². The lowest BCUT2D eigenvalue weighted by Crippen LogP contribution is -2.23. The molecule has 0 amide bonds. The van der Waals surface area contributed by atoms with Crippen molar-refractivity contribution in [2.45, 2.75) is 57.7 Å². The number of nitrogens with one attached hydrogen (secondary N) is 1. The molecule has 0 aromatic heterocycles. The third-order valence-electron chi connectivity index (χ3n) is 2.86. The Labute approximate surface area is 86.7 Å². The SMILES string of the molecule is CC(C)(C)OC[C@@H]1N[C@@H]1C1=CCCC1. The Morgan fingerprint density at radius 2 is 2.29 bits per heavy atom. The molecular formula is C12H21NO. The van der Waals surface area contributed by atoms with Crippen LogP contribution in [0.15, 0.2) is 11.6 Å². The summed E-state index contributed by atoms with van der Waals surface area (Å²) in [5.41, 5.74) is 1.62. The number of allylic oxidation sites excluding steroid dienone is 1. The van der Waals surface area contributed by atoms with Crippen LogP contribution in [-0.2, 0) is 4.74 Å². The lowest BCUT2D eigenvalue weighted by Gasteiger charge is -2.18. The molecule has 0 saturated carbocycles. The minimum atomic E-state index is -0.00111. The maximum Gasteiger partial charge on any atom is 0.0645 e. The first-order chi connectivity index (χ1) is 6.56. The standard InChI is InChI=1S/C12H21NO/c1-12(2,3)14-8-10-11(13-10)9-6-4-5-7-9/h6,10-11,13H,4-5,7-8H2,1-3H3/t10-,11+/m0/s1. The highest BCUT2D eigenvalue weighted by atomic mass is 16.5. The van der Waals surface area contributed by atoms with Crippen molar-refractivity contribution >= 4 is 0 Å². The first kappa shape index (κ1) is 10.2. The molecule has 1 fully saturated rings. The van der Waals surface area contributed by atoms with Crippen molar-refractivity contribution in [2.24, 2.45) is 0 Å². The van der Waals surface area contributed by atoms with E-state index in [0.717, 1.165) is 6.61 Å². The van der Waals surface area contributed by atoms with Gasteiger partial charge in [0.05, 0.1) is 18.2 Å². The van der Waals surface area contributed by atoms with Crippen molar-refractivity contribution < 1.29 is 4.74 Å². The predicted octanol–water partition coefficient (Wildman–Crippen LogP) is 2.25. The highest BCUT2D eigenvalue weighted by Gasteiger charge is 2.39. The molecule has 2 rings (SSSR count). The van der Waals surface area contributed by atoms with Gasteiger partial charge in [0.25, 0.3) is 0 Å². The van der Waals surface area contributed by atoms with Gasteiger partial charge in [-0.15, -0.1) is 0 Å². The summed E-state index contributed by atoms with van der Waals surface area (Å²) in [6.45, 7) is 7.18. The van der Waals surface area contributed by atoms with E-state index in [1.807, 2.05) is 0 Å². The van der Waals surface area contributed by atoms with Crippen LogP contribution in [0, 0.1) is 0 Å². The smallest absolute Gasteiger partial charge is 0.0645 e. The average Bonchev–Trinajstić information content (AvgIpc) is 2.65. The fourth-order valence-electron chi connectivity index (χ4n) is 2.00. The molecule has 1 aliphatic carbocycles. The second-order valence-electron chi connectivity index (χ2n) is 5.35. The molecule has 1 N–H and O–H groups in total. The van der Waals surface area contributed by atoms with Crippen LogP contribution >= 0.6 is 0 Å². The van der Waals surface area contributed by atoms with Crippen LogP contribution in [0.3, 0.4) is 0 Å². The Morgan fingerprint density at radius 1 is 1.50 bits per heavy atom. The van der Waals surface area contributed by atoms with Gasteiger partial charge in [-0.3, -0.25) is 0 Å². The van der Waals surface area contributed by atoms with Crippen molar-refractivity contribution in [3.8, 4) is 0 Å². The van der Waals surface area contributed by atoms with Gasteiger partial charge in [0, 0.05) is 6.04 Å². The second kappa shape index (κ2) is 3.67. The molecule has 2 aliphatic rings. The molecule has 0 unspecified atom stereocenters. The Kier molecular flexibility index (Phi) is 2.67. The van der Waals surface area contributed by atoms with E-state index < -0.39 is 0 Å². The molecule has 0 spiro atoms. The average molecular weight is 195 g/mol. The molecular weight excluding hydrogens is 174 g/mol. The first-order valence-corrected chi connectivity index (χ1v) is 5.65. The van der Waals surface area contributed by atoms with Gasteiger partial charge in [0.2, 0.25) is 0 Å². The van der Waals surface area contributed by atoms with E-state index in [4.69, 9.17) is 4.74 Å². The fraction of sp³-hybridized carbons (Fsp3) is 0.833. The van der Waals surface area contributed by atoms with Crippen LogP contribution in [0.25, 0.3) is 0 Å². The maximum atomic E-state index is 5.75. The van der Waals surface area contributed by atoms with Gasteiger partial charge in [-0.1, -0.05) is 11.6 Å². The Bertz CT molecular complexity index is 239. The van der Waals surface area contributed by atoms with Crippen LogP contribution in [-0.4, -0.2) is 24.3 Å². The lowest BCUT2D eigenvalue weighted by molar-refractivity contribution is -0.00201. The monoisotopic (exact) mass is 195 g/mol. The van der Waals surface area contributed by atoms with Crippen molar-refractivity contribution in [2.75, 3.05) is 6.61 Å². The van der Waals surface area contributed by atoms with E-state index in [-0.39, 0.29) is 5.60 Å². The van der Waals surface area contributed by atoms with E-state index >= 15 is 0 Å². The van der Waals surface area contributed by atoms with Gasteiger partial charge in [-0.2, -0.15) is 0 Å². The van der Waals surface area contributed by atoms with Gasteiger partial charge in [0.15, 0.2) is 0 Å². The van der Waals surface area contributed by atoms with E-state index in [1.54, 1.807) is 5.57 Å². The van der Waals surface area contributed by atoms with Gasteiger partial charge in [-0.25, -0.2) is 0 Å². The van der Waals surface area contributed by atoms with Crippen molar-refractivity contribution in [3.63, 3.8) is 0 Å². The molecule has 1 heterocycles. The zero-order valence-electron chi connectivity index (χ0n) is 9.47. The van der Waals surface area contributed by atoms with Crippen LogP contribution in [0.1, 0.15) is 40.0 Å². The molecule has 0 radical (unpaired) electrons. The van der Waals surface area contributed by atoms with Crippen LogP contribution < -0.4 is 5.32 Å². The third-order valence-corrected chi connectivity index (χ3v) is 2.86. The number of hydrogen-bond donors (Lipinski definition) is 1. The lowest BCUT2D eigenvalue weighted by atomic mass is 10.1. The number of ether oxygens (including phenoxy) is 1. The number of hydrogen-bond acceptors (Lipinski definition) is 2. The molecule has 14 heavy (non-hydrogen) atoms. The van der Waals surface area contributed by atoms with E-state index in [2.05, 4.69) is 32.2 Å². The van der Waals surface area contributed by atoms with Crippen molar-refractivity contribution in [1.29, 1.82) is 0 Å².